The highest BCUT2D eigenvalue weighted by Gasteiger charge is 2.23. The van der Waals surface area contributed by atoms with E-state index in [1.165, 1.54) is 0 Å². The maximum atomic E-state index is 12.2. The maximum Gasteiger partial charge on any atom is 0.251 e. The number of amidine groups is 1. The molecule has 6 heteroatoms. The van der Waals surface area contributed by atoms with E-state index in [1.807, 2.05) is 37.4 Å². The Kier molecular flexibility index (Phi) is 5.74. The number of aryl methyl sites for hydroxylation is 2. The summed E-state index contributed by atoms with van der Waals surface area (Å²) in [7, 11) is 0. The lowest BCUT2D eigenvalue weighted by molar-refractivity contribution is 0.0937. The Morgan fingerprint density at radius 1 is 1.30 bits per heavy atom. The van der Waals surface area contributed by atoms with Gasteiger partial charge in [-0.2, -0.15) is 0 Å². The van der Waals surface area contributed by atoms with Gasteiger partial charge in [0.25, 0.3) is 5.91 Å². The molecule has 0 spiro atoms. The molecule has 1 atom stereocenters. The molecular weight excluding hydrogens is 340 g/mol. The molecule has 6 nitrogen and oxygen atoms in total. The van der Waals surface area contributed by atoms with Crippen molar-refractivity contribution in [2.45, 2.75) is 52.0 Å². The van der Waals surface area contributed by atoms with Crippen molar-refractivity contribution in [1.82, 2.24) is 10.3 Å². The van der Waals surface area contributed by atoms with Crippen LogP contribution in [-0.2, 0) is 12.8 Å². The van der Waals surface area contributed by atoms with Crippen LogP contribution in [0.3, 0.4) is 0 Å². The Hall–Kier alpha value is -2.89. The van der Waals surface area contributed by atoms with Crippen molar-refractivity contribution in [3.63, 3.8) is 0 Å². The summed E-state index contributed by atoms with van der Waals surface area (Å²) in [6, 6.07) is 7.82. The van der Waals surface area contributed by atoms with Crippen LogP contribution in [0.15, 0.2) is 35.5 Å². The number of nitrogens with one attached hydrogen (secondary N) is 2. The number of hydrogen-bond donors (Lipinski definition) is 3. The first kappa shape index (κ1) is 18.9. The molecule has 1 amide bonds. The summed E-state index contributed by atoms with van der Waals surface area (Å²) in [5.41, 5.74) is 9.08. The lowest BCUT2D eigenvalue weighted by Crippen LogP contribution is -2.32. The summed E-state index contributed by atoms with van der Waals surface area (Å²) in [6.45, 7) is 4.13. The number of Topliss-reactive ketones (excluding diaryl/α,β-unsaturated/α-hetero) is 1. The van der Waals surface area contributed by atoms with Gasteiger partial charge in [-0.3, -0.25) is 9.59 Å². The van der Waals surface area contributed by atoms with E-state index in [0.717, 1.165) is 36.8 Å². The van der Waals surface area contributed by atoms with E-state index in [-0.39, 0.29) is 24.2 Å². The van der Waals surface area contributed by atoms with E-state index < -0.39 is 0 Å². The molecule has 2 aromatic rings. The Morgan fingerprint density at radius 2 is 2.04 bits per heavy atom. The second-order valence-corrected chi connectivity index (χ2v) is 7.10. The number of benzene rings is 1. The van der Waals surface area contributed by atoms with E-state index >= 15 is 0 Å². The fraction of sp³-hybridized carbons (Fsp3) is 0.381. The van der Waals surface area contributed by atoms with Gasteiger partial charge >= 0.3 is 0 Å². The summed E-state index contributed by atoms with van der Waals surface area (Å²) in [5.74, 6) is 0.889. The number of nitrogens with two attached hydrogens (primary N) is 1. The van der Waals surface area contributed by atoms with Crippen LogP contribution in [0.4, 0.5) is 5.82 Å². The van der Waals surface area contributed by atoms with E-state index in [4.69, 9.17) is 5.73 Å². The number of nitrogens with zero attached hydrogens (tertiary/aromatic N) is 1. The summed E-state index contributed by atoms with van der Waals surface area (Å²) in [6.07, 6.45) is 5.54. The molecule has 0 saturated carbocycles. The van der Waals surface area contributed by atoms with Crippen molar-refractivity contribution in [2.75, 3.05) is 0 Å². The molecule has 2 heterocycles. The van der Waals surface area contributed by atoms with Gasteiger partial charge in [-0.05, 0) is 49.4 Å². The molecule has 0 unspecified atom stereocenters. The Labute approximate surface area is 159 Å². The standard InChI is InChI=1S/C21H26N4O2/c1-3-4-13(2)24-21(27)15-8-5-14(6-9-15)7-10-16-12-23-20-19(16)17(26)11-18(22)25-20/h5-6,8-9,12-13,23H,3-4,7,10-11H2,1-2H3,(H2,22,25)(H,24,27)/t13-/m1/s1. The molecule has 1 aliphatic rings. The largest absolute Gasteiger partial charge is 0.387 e. The molecule has 27 heavy (non-hydrogen) atoms. The molecule has 3 rings (SSSR count). The predicted molar refractivity (Wildman–Crippen MR) is 107 cm³/mol. The molecule has 1 aromatic carbocycles. The van der Waals surface area contributed by atoms with E-state index in [0.29, 0.717) is 22.8 Å². The van der Waals surface area contributed by atoms with Crippen LogP contribution in [0.2, 0.25) is 0 Å². The topological polar surface area (TPSA) is 100 Å². The number of aliphatic imine (C=N–C) groups is 1. The third-order valence-corrected chi connectivity index (χ3v) is 4.82. The number of amides is 1. The monoisotopic (exact) mass is 366 g/mol. The molecule has 142 valence electrons. The van der Waals surface area contributed by atoms with Gasteiger partial charge in [0.15, 0.2) is 5.78 Å². The Morgan fingerprint density at radius 3 is 2.74 bits per heavy atom. The minimum atomic E-state index is -0.0387. The molecule has 1 aromatic heterocycles. The van der Waals surface area contributed by atoms with E-state index in [1.54, 1.807) is 0 Å². The fourth-order valence-corrected chi connectivity index (χ4v) is 3.40. The second-order valence-electron chi connectivity index (χ2n) is 7.10. The zero-order valence-corrected chi connectivity index (χ0v) is 15.8. The highest BCUT2D eigenvalue weighted by Crippen LogP contribution is 2.28. The summed E-state index contributed by atoms with van der Waals surface area (Å²) in [4.78, 5) is 31.7. The molecule has 0 radical (unpaired) electrons. The summed E-state index contributed by atoms with van der Waals surface area (Å²) in [5, 5.41) is 3.01. The average Bonchev–Trinajstić information content (AvgIpc) is 3.03. The van der Waals surface area contributed by atoms with Gasteiger partial charge in [-0.25, -0.2) is 4.99 Å². The smallest absolute Gasteiger partial charge is 0.251 e. The van der Waals surface area contributed by atoms with Crippen LogP contribution in [0.25, 0.3) is 0 Å². The van der Waals surface area contributed by atoms with Crippen LogP contribution in [0, 0.1) is 0 Å². The number of ketones is 1. The average molecular weight is 366 g/mol. The van der Waals surface area contributed by atoms with Crippen LogP contribution in [0.5, 0.6) is 0 Å². The first-order chi connectivity index (χ1) is 13.0. The lowest BCUT2D eigenvalue weighted by atomic mass is 9.98. The third kappa shape index (κ3) is 4.45. The van der Waals surface area contributed by atoms with Gasteiger partial charge in [0.2, 0.25) is 0 Å². The molecule has 0 aliphatic carbocycles. The fourth-order valence-electron chi connectivity index (χ4n) is 3.40. The van der Waals surface area contributed by atoms with Crippen LogP contribution < -0.4 is 11.1 Å². The van der Waals surface area contributed by atoms with Crippen molar-refractivity contribution in [2.24, 2.45) is 10.7 Å². The third-order valence-electron chi connectivity index (χ3n) is 4.82. The summed E-state index contributed by atoms with van der Waals surface area (Å²) >= 11 is 0. The quantitative estimate of drug-likeness (QED) is 0.701. The number of carbonyl (C=O) groups is 2. The van der Waals surface area contributed by atoms with Crippen LogP contribution in [0.1, 0.15) is 65.0 Å². The molecular formula is C21H26N4O2. The van der Waals surface area contributed by atoms with Crippen LogP contribution >= 0.6 is 0 Å². The van der Waals surface area contributed by atoms with Crippen molar-refractivity contribution in [3.8, 4) is 0 Å². The van der Waals surface area contributed by atoms with Crippen molar-refractivity contribution in [1.29, 1.82) is 0 Å². The number of aromatic amines is 1. The number of carbonyl (C=O) groups excluding carboxylic acids is 2. The molecule has 4 N–H and O–H groups in total. The Balaban J connectivity index is 1.62. The number of H-pyrrole nitrogens is 1. The maximum absolute atomic E-state index is 12.2. The van der Waals surface area contributed by atoms with E-state index in [9.17, 15) is 9.59 Å². The molecule has 1 aliphatic heterocycles. The minimum Gasteiger partial charge on any atom is -0.387 e. The van der Waals surface area contributed by atoms with Crippen molar-refractivity contribution < 1.29 is 9.59 Å². The molecule has 0 fully saturated rings. The van der Waals surface area contributed by atoms with E-state index in [2.05, 4.69) is 22.2 Å². The number of aromatic nitrogens is 1. The highest BCUT2D eigenvalue weighted by atomic mass is 16.1. The molecule has 0 saturated heterocycles. The van der Waals surface area contributed by atoms with Crippen molar-refractivity contribution >= 4 is 23.3 Å². The van der Waals surface area contributed by atoms with Gasteiger partial charge in [0, 0.05) is 17.8 Å². The summed E-state index contributed by atoms with van der Waals surface area (Å²) < 4.78 is 0. The van der Waals surface area contributed by atoms with Gasteiger partial charge in [0.1, 0.15) is 11.7 Å². The first-order valence-electron chi connectivity index (χ1n) is 9.44. The second kappa shape index (κ2) is 8.20. The van der Waals surface area contributed by atoms with Gasteiger partial charge < -0.3 is 16.0 Å². The lowest BCUT2D eigenvalue weighted by Gasteiger charge is -2.13. The minimum absolute atomic E-state index is 0.0157. The Bertz CT molecular complexity index is 865. The first-order valence-corrected chi connectivity index (χ1v) is 9.44. The van der Waals surface area contributed by atoms with Gasteiger partial charge in [-0.15, -0.1) is 0 Å². The molecule has 0 bridgehead atoms. The number of hydrogen-bond acceptors (Lipinski definition) is 4. The van der Waals surface area contributed by atoms with Gasteiger partial charge in [-0.1, -0.05) is 25.5 Å². The zero-order chi connectivity index (χ0) is 19.4. The predicted octanol–water partition coefficient (Wildman–Crippen LogP) is 3.29. The highest BCUT2D eigenvalue weighted by molar-refractivity contribution is 6.15. The zero-order valence-electron chi connectivity index (χ0n) is 15.8. The SMILES string of the molecule is CCC[C@@H](C)NC(=O)c1ccc(CCc2c[nH]c3c2C(=O)CC(N)=N3)cc1. The number of fused-ring (bicyclic) bond motifs is 1. The normalized spacial score (nSPS) is 14.4. The van der Waals surface area contributed by atoms with Crippen molar-refractivity contribution in [3.05, 3.63) is 52.7 Å². The van der Waals surface area contributed by atoms with Crippen LogP contribution in [-0.4, -0.2) is 28.6 Å². The van der Waals surface area contributed by atoms with Gasteiger partial charge in [0.05, 0.1) is 12.0 Å². The number of rotatable bonds is 7.